The van der Waals surface area contributed by atoms with Crippen molar-refractivity contribution in [1.82, 2.24) is 0 Å². The van der Waals surface area contributed by atoms with Crippen LogP contribution in [-0.4, -0.2) is 37.8 Å². The van der Waals surface area contributed by atoms with E-state index in [4.69, 9.17) is 9.47 Å². The molecule has 2 amide bonds. The first kappa shape index (κ1) is 18.7. The van der Waals surface area contributed by atoms with E-state index in [1.165, 1.54) is 0 Å². The molecule has 0 radical (unpaired) electrons. The molecule has 28 heavy (non-hydrogen) atoms. The number of thioether (sulfide) groups is 1. The Kier molecular flexibility index (Phi) is 5.43. The maximum absolute atomic E-state index is 12.7. The minimum atomic E-state index is -0.385. The van der Waals surface area contributed by atoms with Gasteiger partial charge < -0.3 is 19.7 Å². The minimum Gasteiger partial charge on any atom is -0.490 e. The van der Waals surface area contributed by atoms with E-state index in [-0.39, 0.29) is 24.2 Å². The summed E-state index contributed by atoms with van der Waals surface area (Å²) in [6.07, 6.45) is 3.05. The van der Waals surface area contributed by atoms with E-state index in [0.29, 0.717) is 36.9 Å². The third-order valence-corrected chi connectivity index (χ3v) is 5.64. The van der Waals surface area contributed by atoms with Gasteiger partial charge in [0.15, 0.2) is 11.5 Å². The summed E-state index contributed by atoms with van der Waals surface area (Å²) >= 11 is 1.65. The van der Waals surface area contributed by atoms with Crippen molar-refractivity contribution in [2.75, 3.05) is 36.2 Å². The van der Waals surface area contributed by atoms with E-state index < -0.39 is 0 Å². The highest BCUT2D eigenvalue weighted by Gasteiger charge is 2.35. The van der Waals surface area contributed by atoms with E-state index >= 15 is 0 Å². The summed E-state index contributed by atoms with van der Waals surface area (Å²) in [4.78, 5) is 28.0. The molecule has 2 aliphatic heterocycles. The summed E-state index contributed by atoms with van der Waals surface area (Å²) in [5, 5.41) is 2.91. The Balaban J connectivity index is 1.42. The molecule has 2 heterocycles. The van der Waals surface area contributed by atoms with Crippen molar-refractivity contribution in [3.05, 3.63) is 42.5 Å². The van der Waals surface area contributed by atoms with Crippen LogP contribution in [0, 0.1) is 5.92 Å². The number of rotatable bonds is 4. The van der Waals surface area contributed by atoms with Gasteiger partial charge in [-0.15, -0.1) is 11.8 Å². The van der Waals surface area contributed by atoms with Gasteiger partial charge in [0.25, 0.3) is 0 Å². The standard InChI is InChI=1S/C21H22N2O4S/c1-28-17-6-4-16(5-7-17)23-13-14(11-20(23)24)21(25)22-15-3-8-18-19(12-15)27-10-2-9-26-18/h3-8,12,14H,2,9-11,13H2,1H3,(H,22,25)/t14-/m0/s1. The van der Waals surface area contributed by atoms with Gasteiger partial charge in [-0.1, -0.05) is 0 Å². The van der Waals surface area contributed by atoms with Gasteiger partial charge in [0.1, 0.15) is 0 Å². The molecule has 2 aromatic carbocycles. The lowest BCUT2D eigenvalue weighted by Gasteiger charge is -2.17. The number of carbonyl (C=O) groups is 2. The Morgan fingerprint density at radius 1 is 1.11 bits per heavy atom. The van der Waals surface area contributed by atoms with Crippen molar-refractivity contribution < 1.29 is 19.1 Å². The van der Waals surface area contributed by atoms with Gasteiger partial charge in [-0.3, -0.25) is 9.59 Å². The molecule has 7 heteroatoms. The number of benzene rings is 2. The average Bonchev–Trinajstić information content (AvgIpc) is 2.95. The fraction of sp³-hybridized carbons (Fsp3) is 0.333. The first-order valence-corrected chi connectivity index (χ1v) is 10.5. The van der Waals surface area contributed by atoms with Crippen LogP contribution in [0.5, 0.6) is 11.5 Å². The number of hydrogen-bond donors (Lipinski definition) is 1. The number of ether oxygens (including phenoxy) is 2. The van der Waals surface area contributed by atoms with Crippen molar-refractivity contribution in [2.24, 2.45) is 5.92 Å². The topological polar surface area (TPSA) is 67.9 Å². The predicted molar refractivity (Wildman–Crippen MR) is 109 cm³/mol. The van der Waals surface area contributed by atoms with Crippen LogP contribution >= 0.6 is 11.8 Å². The monoisotopic (exact) mass is 398 g/mol. The summed E-state index contributed by atoms with van der Waals surface area (Å²) in [6.45, 7) is 1.59. The van der Waals surface area contributed by atoms with Gasteiger partial charge in [-0.05, 0) is 42.7 Å². The first-order chi connectivity index (χ1) is 13.6. The lowest BCUT2D eigenvalue weighted by molar-refractivity contribution is -0.122. The zero-order valence-electron chi connectivity index (χ0n) is 15.6. The molecule has 0 spiro atoms. The van der Waals surface area contributed by atoms with Crippen LogP contribution in [0.4, 0.5) is 11.4 Å². The number of nitrogens with one attached hydrogen (secondary N) is 1. The third-order valence-electron chi connectivity index (χ3n) is 4.89. The molecule has 2 aliphatic rings. The molecule has 0 bridgehead atoms. The van der Waals surface area contributed by atoms with Crippen LogP contribution in [0.2, 0.25) is 0 Å². The SMILES string of the molecule is CSc1ccc(N2C[C@@H](C(=O)Nc3ccc4c(c3)OCCCO4)CC2=O)cc1. The van der Waals surface area contributed by atoms with Gasteiger partial charge in [-0.2, -0.15) is 0 Å². The Bertz CT molecular complexity index is 884. The second-order valence-electron chi connectivity index (χ2n) is 6.80. The molecular formula is C21H22N2O4S. The predicted octanol–water partition coefficient (Wildman–Crippen LogP) is 3.56. The fourth-order valence-corrected chi connectivity index (χ4v) is 3.79. The van der Waals surface area contributed by atoms with Crippen LogP contribution in [-0.2, 0) is 9.59 Å². The number of hydrogen-bond acceptors (Lipinski definition) is 5. The van der Waals surface area contributed by atoms with Crippen molar-refractivity contribution in [3.63, 3.8) is 0 Å². The molecule has 0 unspecified atom stereocenters. The summed E-state index contributed by atoms with van der Waals surface area (Å²) in [5.74, 6) is 0.741. The molecule has 1 fully saturated rings. The summed E-state index contributed by atoms with van der Waals surface area (Å²) in [6, 6.07) is 13.2. The maximum atomic E-state index is 12.7. The normalized spacial score (nSPS) is 18.7. The van der Waals surface area contributed by atoms with Crippen LogP contribution < -0.4 is 19.7 Å². The second kappa shape index (κ2) is 8.14. The number of fused-ring (bicyclic) bond motifs is 1. The minimum absolute atomic E-state index is 0.0317. The molecule has 4 rings (SSSR count). The maximum Gasteiger partial charge on any atom is 0.229 e. The Morgan fingerprint density at radius 2 is 1.86 bits per heavy atom. The fourth-order valence-electron chi connectivity index (χ4n) is 3.38. The molecule has 1 N–H and O–H groups in total. The molecule has 0 saturated carbocycles. The zero-order chi connectivity index (χ0) is 19.5. The van der Waals surface area contributed by atoms with Gasteiger partial charge in [0, 0.05) is 41.7 Å². The highest BCUT2D eigenvalue weighted by molar-refractivity contribution is 7.98. The number of amides is 2. The first-order valence-electron chi connectivity index (χ1n) is 9.29. The number of carbonyl (C=O) groups excluding carboxylic acids is 2. The van der Waals surface area contributed by atoms with Crippen molar-refractivity contribution in [1.29, 1.82) is 0 Å². The van der Waals surface area contributed by atoms with E-state index in [1.807, 2.05) is 30.5 Å². The Morgan fingerprint density at radius 3 is 2.61 bits per heavy atom. The summed E-state index contributed by atoms with van der Waals surface area (Å²) in [7, 11) is 0. The van der Waals surface area contributed by atoms with Crippen LogP contribution in [0.3, 0.4) is 0 Å². The molecule has 146 valence electrons. The van der Waals surface area contributed by atoms with Gasteiger partial charge in [0.05, 0.1) is 19.1 Å². The second-order valence-corrected chi connectivity index (χ2v) is 7.68. The molecule has 2 aromatic rings. The number of nitrogens with zero attached hydrogens (tertiary/aromatic N) is 1. The van der Waals surface area contributed by atoms with Crippen LogP contribution in [0.15, 0.2) is 47.4 Å². The average molecular weight is 398 g/mol. The van der Waals surface area contributed by atoms with Gasteiger partial charge in [-0.25, -0.2) is 0 Å². The zero-order valence-corrected chi connectivity index (χ0v) is 16.5. The number of anilines is 2. The van der Waals surface area contributed by atoms with Gasteiger partial charge >= 0.3 is 0 Å². The molecule has 0 aromatic heterocycles. The Labute approximate surface area is 168 Å². The lowest BCUT2D eigenvalue weighted by atomic mass is 10.1. The molecular weight excluding hydrogens is 376 g/mol. The summed E-state index contributed by atoms with van der Waals surface area (Å²) in [5.41, 5.74) is 1.47. The van der Waals surface area contributed by atoms with Crippen molar-refractivity contribution >= 4 is 35.0 Å². The van der Waals surface area contributed by atoms with E-state index in [1.54, 1.807) is 34.9 Å². The van der Waals surface area contributed by atoms with Crippen molar-refractivity contribution in [2.45, 2.75) is 17.7 Å². The summed E-state index contributed by atoms with van der Waals surface area (Å²) < 4.78 is 11.3. The van der Waals surface area contributed by atoms with E-state index in [9.17, 15) is 9.59 Å². The lowest BCUT2D eigenvalue weighted by Crippen LogP contribution is -2.28. The Hall–Kier alpha value is -2.67. The van der Waals surface area contributed by atoms with E-state index in [2.05, 4.69) is 5.32 Å². The largest absolute Gasteiger partial charge is 0.490 e. The van der Waals surface area contributed by atoms with Crippen molar-refractivity contribution in [3.8, 4) is 11.5 Å². The quantitative estimate of drug-likeness (QED) is 0.798. The third kappa shape index (κ3) is 3.94. The molecule has 1 saturated heterocycles. The molecule has 6 nitrogen and oxygen atoms in total. The smallest absolute Gasteiger partial charge is 0.229 e. The van der Waals surface area contributed by atoms with Crippen LogP contribution in [0.25, 0.3) is 0 Å². The highest BCUT2D eigenvalue weighted by atomic mass is 32.2. The van der Waals surface area contributed by atoms with E-state index in [0.717, 1.165) is 17.0 Å². The molecule has 1 atom stereocenters. The van der Waals surface area contributed by atoms with Crippen LogP contribution in [0.1, 0.15) is 12.8 Å². The van der Waals surface area contributed by atoms with Gasteiger partial charge in [0.2, 0.25) is 11.8 Å². The molecule has 0 aliphatic carbocycles. The highest BCUT2D eigenvalue weighted by Crippen LogP contribution is 2.33.